The van der Waals surface area contributed by atoms with Gasteiger partial charge in [0.15, 0.2) is 0 Å². The van der Waals surface area contributed by atoms with E-state index in [9.17, 15) is 18.4 Å². The first-order chi connectivity index (χ1) is 13.8. The largest absolute Gasteiger partial charge is 0.755 e. The van der Waals surface area contributed by atoms with Crippen LogP contribution in [0.5, 0.6) is 0 Å². The molecule has 4 bridgehead atoms. The number of hydrogen-bond donors (Lipinski definition) is 2. The topological polar surface area (TPSA) is 133 Å². The third-order valence-electron chi connectivity index (χ3n) is 7.78. The number of anilines is 1. The Hall–Kier alpha value is -1.94. The monoisotopic (exact) mass is 420 g/mol. The summed E-state index contributed by atoms with van der Waals surface area (Å²) in [5.41, 5.74) is 4.25. The summed E-state index contributed by atoms with van der Waals surface area (Å²) in [6.07, 6.45) is 6.82. The summed E-state index contributed by atoms with van der Waals surface area (Å²) in [6.45, 7) is 0. The molecule has 5 aliphatic carbocycles. The van der Waals surface area contributed by atoms with Gasteiger partial charge in [0.1, 0.15) is 11.4 Å². The van der Waals surface area contributed by atoms with Gasteiger partial charge in [0.25, 0.3) is 0 Å². The number of carbonyl (C=O) groups is 2. The van der Waals surface area contributed by atoms with Gasteiger partial charge in [0, 0.05) is 35.8 Å². The minimum atomic E-state index is -2.59. The number of hydrogen-bond acceptors (Lipinski definition) is 5. The predicted molar refractivity (Wildman–Crippen MR) is 104 cm³/mol. The summed E-state index contributed by atoms with van der Waals surface area (Å²) in [5, 5.41) is 7.25. The molecule has 29 heavy (non-hydrogen) atoms. The summed E-state index contributed by atoms with van der Waals surface area (Å²) < 4.78 is 26.7. The van der Waals surface area contributed by atoms with Crippen molar-refractivity contribution >= 4 is 28.9 Å². The fourth-order valence-corrected chi connectivity index (χ4v) is 7.38. The van der Waals surface area contributed by atoms with Crippen molar-refractivity contribution in [3.8, 4) is 0 Å². The molecule has 5 aliphatic rings. The third-order valence-corrected chi connectivity index (χ3v) is 8.62. The molecule has 9 nitrogen and oxygen atoms in total. The normalized spacial score (nSPS) is 37.2. The molecule has 1 heterocycles. The highest BCUT2D eigenvalue weighted by atomic mass is 32.2. The van der Waals surface area contributed by atoms with Gasteiger partial charge in [-0.2, -0.15) is 5.10 Å². The fraction of sp³-hybridized carbons (Fsp3) is 0.737. The van der Waals surface area contributed by atoms with E-state index in [0.29, 0.717) is 24.6 Å². The molecule has 1 aromatic rings. The highest BCUT2D eigenvalue weighted by Gasteiger charge is 2.61. The Morgan fingerprint density at radius 2 is 1.97 bits per heavy atom. The van der Waals surface area contributed by atoms with Gasteiger partial charge in [-0.15, -0.1) is 0 Å². The average Bonchev–Trinajstić information content (AvgIpc) is 3.34. The molecule has 0 saturated heterocycles. The van der Waals surface area contributed by atoms with E-state index in [4.69, 9.17) is 5.73 Å². The highest BCUT2D eigenvalue weighted by molar-refractivity contribution is 7.80. The Labute approximate surface area is 171 Å². The van der Waals surface area contributed by atoms with Gasteiger partial charge in [0.2, 0.25) is 11.8 Å². The van der Waals surface area contributed by atoms with Crippen LogP contribution in [0.3, 0.4) is 0 Å². The SMILES string of the molecule is Cn1nccc1N(S(=O)[O-])C1(C(=O)NC2C3CC4CC2CC(C(N)=O)(C4)C3)CC1. The minimum Gasteiger partial charge on any atom is -0.755 e. The minimum absolute atomic E-state index is 0.0162. The second-order valence-corrected chi connectivity index (χ2v) is 10.3. The summed E-state index contributed by atoms with van der Waals surface area (Å²) in [6, 6.07) is 1.58. The van der Waals surface area contributed by atoms with E-state index in [1.54, 1.807) is 13.1 Å². The van der Waals surface area contributed by atoms with E-state index < -0.39 is 22.2 Å². The molecule has 158 valence electrons. The molecule has 3 N–H and O–H groups in total. The Morgan fingerprint density at radius 3 is 2.45 bits per heavy atom. The smallest absolute Gasteiger partial charge is 0.247 e. The Morgan fingerprint density at radius 1 is 1.31 bits per heavy atom. The molecule has 0 radical (unpaired) electrons. The Bertz CT molecular complexity index is 881. The van der Waals surface area contributed by atoms with Gasteiger partial charge in [0.05, 0.1) is 6.20 Å². The maximum absolute atomic E-state index is 13.3. The first kappa shape index (κ1) is 19.0. The number of amides is 2. The molecule has 0 aliphatic heterocycles. The van der Waals surface area contributed by atoms with E-state index in [2.05, 4.69) is 10.4 Å². The zero-order valence-corrected chi connectivity index (χ0v) is 17.2. The lowest BCUT2D eigenvalue weighted by Crippen LogP contribution is -2.64. The molecule has 1 aromatic heterocycles. The van der Waals surface area contributed by atoms with E-state index in [1.165, 1.54) is 10.9 Å². The first-order valence-corrected chi connectivity index (χ1v) is 11.3. The number of primary amides is 1. The molecule has 3 atom stereocenters. The average molecular weight is 421 g/mol. The number of rotatable bonds is 6. The molecule has 5 saturated carbocycles. The molecule has 2 amide bonds. The van der Waals surface area contributed by atoms with Crippen LogP contribution in [-0.4, -0.2) is 41.9 Å². The van der Waals surface area contributed by atoms with Crippen molar-refractivity contribution in [1.82, 2.24) is 15.1 Å². The first-order valence-electron chi connectivity index (χ1n) is 10.2. The van der Waals surface area contributed by atoms with Gasteiger partial charge in [-0.25, -0.2) is 0 Å². The molecule has 5 fully saturated rings. The van der Waals surface area contributed by atoms with Crippen molar-refractivity contribution in [1.29, 1.82) is 0 Å². The van der Waals surface area contributed by atoms with E-state index in [0.717, 1.165) is 36.4 Å². The van der Waals surface area contributed by atoms with Crippen LogP contribution in [0.25, 0.3) is 0 Å². The summed E-state index contributed by atoms with van der Waals surface area (Å²) in [5.74, 6) is 0.901. The van der Waals surface area contributed by atoms with Crippen molar-refractivity contribution in [2.24, 2.45) is 36.0 Å². The van der Waals surface area contributed by atoms with Crippen molar-refractivity contribution in [2.45, 2.75) is 56.5 Å². The molecule has 0 aromatic carbocycles. The summed E-state index contributed by atoms with van der Waals surface area (Å²) >= 11 is -2.59. The molecule has 3 unspecified atom stereocenters. The lowest BCUT2D eigenvalue weighted by atomic mass is 9.47. The fourth-order valence-electron chi connectivity index (χ4n) is 6.49. The van der Waals surface area contributed by atoms with Crippen LogP contribution in [0.4, 0.5) is 5.82 Å². The summed E-state index contributed by atoms with van der Waals surface area (Å²) in [4.78, 5) is 25.5. The van der Waals surface area contributed by atoms with Crippen LogP contribution in [0.1, 0.15) is 44.9 Å². The number of nitrogens with one attached hydrogen (secondary N) is 1. The Kier molecular flexibility index (Phi) is 4.12. The van der Waals surface area contributed by atoms with Crippen LogP contribution in [-0.2, 0) is 27.9 Å². The molecule has 10 heteroatoms. The van der Waals surface area contributed by atoms with Crippen molar-refractivity contribution in [2.75, 3.05) is 4.31 Å². The lowest BCUT2D eigenvalue weighted by molar-refractivity contribution is -0.147. The van der Waals surface area contributed by atoms with E-state index in [-0.39, 0.29) is 29.7 Å². The molecule has 0 spiro atoms. The second kappa shape index (κ2) is 6.28. The van der Waals surface area contributed by atoms with Gasteiger partial charge in [-0.1, -0.05) is 0 Å². The summed E-state index contributed by atoms with van der Waals surface area (Å²) in [7, 11) is 1.66. The van der Waals surface area contributed by atoms with Crippen molar-refractivity contribution in [3.05, 3.63) is 12.3 Å². The number of carbonyl (C=O) groups excluding carboxylic acids is 2. The van der Waals surface area contributed by atoms with Crippen molar-refractivity contribution in [3.63, 3.8) is 0 Å². The van der Waals surface area contributed by atoms with Crippen LogP contribution in [0, 0.1) is 23.2 Å². The third kappa shape index (κ3) is 2.75. The van der Waals surface area contributed by atoms with E-state index >= 15 is 0 Å². The number of aromatic nitrogens is 2. The quantitative estimate of drug-likeness (QED) is 0.641. The number of aryl methyl sites for hydroxylation is 1. The van der Waals surface area contributed by atoms with Gasteiger partial charge >= 0.3 is 0 Å². The van der Waals surface area contributed by atoms with Crippen LogP contribution >= 0.6 is 0 Å². The van der Waals surface area contributed by atoms with Gasteiger partial charge in [-0.3, -0.25) is 22.8 Å². The standard InChI is InChI=1S/C19H27N5O4S/c1-23-14(2-5-21-23)24(29(27)28)19(3-4-19)17(26)22-15-12-6-11-7-13(15)10-18(8-11,9-12)16(20)25/h2,5,11-13,15H,3-4,6-10H2,1H3,(H2,20,25)(H,22,26)(H,27,28)/p-1. The number of nitrogens with zero attached hydrogens (tertiary/aromatic N) is 3. The van der Waals surface area contributed by atoms with Crippen molar-refractivity contribution < 1.29 is 18.4 Å². The highest BCUT2D eigenvalue weighted by Crippen LogP contribution is 2.60. The maximum Gasteiger partial charge on any atom is 0.247 e. The molecule has 6 rings (SSSR count). The molecular formula is C19H26N5O4S-. The number of nitrogens with two attached hydrogens (primary N) is 1. The maximum atomic E-state index is 13.3. The van der Waals surface area contributed by atoms with Crippen LogP contribution in [0.2, 0.25) is 0 Å². The predicted octanol–water partition coefficient (Wildman–Crippen LogP) is 0.350. The molecular weight excluding hydrogens is 394 g/mol. The Balaban J connectivity index is 1.38. The van der Waals surface area contributed by atoms with E-state index in [1.807, 2.05) is 0 Å². The second-order valence-electron chi connectivity index (χ2n) is 9.47. The zero-order chi connectivity index (χ0) is 20.6. The lowest BCUT2D eigenvalue weighted by Gasteiger charge is -2.59. The van der Waals surface area contributed by atoms with Crippen LogP contribution < -0.4 is 15.4 Å². The van der Waals surface area contributed by atoms with Gasteiger partial charge < -0.3 is 15.6 Å². The zero-order valence-electron chi connectivity index (χ0n) is 16.4. The van der Waals surface area contributed by atoms with Crippen LogP contribution in [0.15, 0.2) is 12.3 Å². The van der Waals surface area contributed by atoms with Gasteiger partial charge in [-0.05, 0) is 62.7 Å².